The molecule has 0 heterocycles. The summed E-state index contributed by atoms with van der Waals surface area (Å²) in [5.74, 6) is 0. The van der Waals surface area contributed by atoms with Gasteiger partial charge < -0.3 is 0 Å². The molecule has 0 amide bonds. The van der Waals surface area contributed by atoms with Crippen LogP contribution in [0.1, 0.15) is 58.3 Å². The first-order valence-electron chi connectivity index (χ1n) is 6.58. The van der Waals surface area contributed by atoms with Crippen molar-refractivity contribution in [1.29, 1.82) is 0 Å². The zero-order valence-corrected chi connectivity index (χ0v) is 11.2. The maximum atomic E-state index is 2.61. The fourth-order valence-corrected chi connectivity index (χ4v) is 4.41. The van der Waals surface area contributed by atoms with Gasteiger partial charge in [0.05, 0.1) is 0 Å². The number of rotatable bonds is 7. The van der Waals surface area contributed by atoms with Crippen LogP contribution in [0.2, 0.25) is 11.6 Å². The van der Waals surface area contributed by atoms with Crippen LogP contribution in [0, 0.1) is 12.8 Å². The highest BCUT2D eigenvalue weighted by Gasteiger charge is 2.13. The molecule has 14 heavy (non-hydrogen) atoms. The van der Waals surface area contributed by atoms with Gasteiger partial charge in [0.15, 0.2) is 0 Å². The summed E-state index contributed by atoms with van der Waals surface area (Å²) in [7, 11) is 0.244. The van der Waals surface area contributed by atoms with E-state index in [4.69, 9.17) is 0 Å². The van der Waals surface area contributed by atoms with E-state index in [1.165, 1.54) is 51.4 Å². The van der Waals surface area contributed by atoms with Crippen LogP contribution in [0.5, 0.6) is 0 Å². The molecular formula is C13H26Si. The van der Waals surface area contributed by atoms with E-state index in [1.54, 1.807) is 6.04 Å². The van der Waals surface area contributed by atoms with E-state index in [-0.39, 0.29) is 9.52 Å². The summed E-state index contributed by atoms with van der Waals surface area (Å²) in [6, 6.07) is 1.60. The molecule has 1 saturated carbocycles. The van der Waals surface area contributed by atoms with Gasteiger partial charge in [0.1, 0.15) is 0 Å². The summed E-state index contributed by atoms with van der Waals surface area (Å²) < 4.78 is 0. The Kier molecular flexibility index (Phi) is 7.48. The van der Waals surface area contributed by atoms with Crippen molar-refractivity contribution in [2.75, 3.05) is 0 Å². The predicted octanol–water partition coefficient (Wildman–Crippen LogP) is 3.92. The van der Waals surface area contributed by atoms with Gasteiger partial charge in [-0.15, -0.1) is 0 Å². The monoisotopic (exact) mass is 210 g/mol. The van der Waals surface area contributed by atoms with E-state index in [0.29, 0.717) is 0 Å². The van der Waals surface area contributed by atoms with Crippen molar-refractivity contribution in [2.45, 2.75) is 69.9 Å². The van der Waals surface area contributed by atoms with Crippen LogP contribution in [0.3, 0.4) is 0 Å². The Labute approximate surface area is 92.7 Å². The third-order valence-electron chi connectivity index (χ3n) is 3.27. The summed E-state index contributed by atoms with van der Waals surface area (Å²) in [5.41, 5.74) is 1.06. The normalized spacial score (nSPS) is 19.5. The standard InChI is InChI=1S/C13H26Si/c1-2-3-4-5-9-12-14-13-10-7-6-8-11-13/h7,11,13H,2-6,8-10,12,14H2,1H3. The molecule has 1 unspecified atom stereocenters. The smallest absolute Gasteiger partial charge is 0.0235 e. The van der Waals surface area contributed by atoms with E-state index in [9.17, 15) is 0 Å². The third kappa shape index (κ3) is 5.84. The molecule has 0 aromatic rings. The molecule has 0 nitrogen and oxygen atoms in total. The summed E-state index contributed by atoms with van der Waals surface area (Å²) >= 11 is 0. The van der Waals surface area contributed by atoms with Gasteiger partial charge in [0.25, 0.3) is 0 Å². The molecule has 1 aliphatic rings. The molecule has 1 fully saturated rings. The minimum atomic E-state index is 0.244. The molecular weight excluding hydrogens is 184 g/mol. The summed E-state index contributed by atoms with van der Waals surface area (Å²) in [6.45, 7) is 2.29. The largest absolute Gasteiger partial charge is 0.0654 e. The van der Waals surface area contributed by atoms with E-state index in [0.717, 1.165) is 5.54 Å². The van der Waals surface area contributed by atoms with Crippen molar-refractivity contribution in [1.82, 2.24) is 0 Å². The Bertz CT molecular complexity index is 116. The molecule has 0 bridgehead atoms. The SMILES string of the molecule is CCCCCCC[SiH2]C1[CH]CC[CH]C1. The highest BCUT2D eigenvalue weighted by Crippen LogP contribution is 2.27. The van der Waals surface area contributed by atoms with Crippen LogP contribution in [0.4, 0.5) is 0 Å². The van der Waals surface area contributed by atoms with Crippen LogP contribution in [-0.4, -0.2) is 9.52 Å². The second kappa shape index (κ2) is 8.52. The van der Waals surface area contributed by atoms with E-state index < -0.39 is 0 Å². The molecule has 82 valence electrons. The van der Waals surface area contributed by atoms with Crippen LogP contribution >= 0.6 is 0 Å². The molecule has 0 aliphatic heterocycles. The van der Waals surface area contributed by atoms with Crippen molar-refractivity contribution in [3.05, 3.63) is 12.8 Å². The molecule has 0 aromatic heterocycles. The Morgan fingerprint density at radius 3 is 2.71 bits per heavy atom. The minimum Gasteiger partial charge on any atom is -0.0654 e. The van der Waals surface area contributed by atoms with Gasteiger partial charge in [-0.2, -0.15) is 0 Å². The first-order chi connectivity index (χ1) is 6.93. The van der Waals surface area contributed by atoms with Gasteiger partial charge >= 0.3 is 0 Å². The zero-order chi connectivity index (χ0) is 10.1. The van der Waals surface area contributed by atoms with Crippen LogP contribution in [0.25, 0.3) is 0 Å². The zero-order valence-electron chi connectivity index (χ0n) is 9.80. The first-order valence-corrected chi connectivity index (χ1v) is 8.40. The van der Waals surface area contributed by atoms with Crippen molar-refractivity contribution in [2.24, 2.45) is 0 Å². The Morgan fingerprint density at radius 2 is 2.00 bits per heavy atom. The van der Waals surface area contributed by atoms with E-state index >= 15 is 0 Å². The first kappa shape index (κ1) is 12.3. The lowest BCUT2D eigenvalue weighted by molar-refractivity contribution is 0.650. The topological polar surface area (TPSA) is 0 Å². The Morgan fingerprint density at radius 1 is 1.14 bits per heavy atom. The van der Waals surface area contributed by atoms with Gasteiger partial charge in [-0.1, -0.05) is 45.1 Å². The van der Waals surface area contributed by atoms with Crippen molar-refractivity contribution >= 4 is 9.52 Å². The van der Waals surface area contributed by atoms with Crippen molar-refractivity contribution in [3.8, 4) is 0 Å². The van der Waals surface area contributed by atoms with E-state index in [2.05, 4.69) is 19.8 Å². The van der Waals surface area contributed by atoms with Gasteiger partial charge in [-0.25, -0.2) is 0 Å². The molecule has 1 atom stereocenters. The van der Waals surface area contributed by atoms with Gasteiger partial charge in [0, 0.05) is 9.52 Å². The minimum absolute atomic E-state index is 0.244. The van der Waals surface area contributed by atoms with Crippen LogP contribution in [-0.2, 0) is 0 Å². The number of unbranched alkanes of at least 4 members (excludes halogenated alkanes) is 4. The molecule has 0 spiro atoms. The molecule has 0 saturated heterocycles. The fourth-order valence-electron chi connectivity index (χ4n) is 2.30. The molecule has 0 N–H and O–H groups in total. The average molecular weight is 210 g/mol. The maximum Gasteiger partial charge on any atom is 0.0235 e. The summed E-state index contributed by atoms with van der Waals surface area (Å²) in [5, 5.41) is 0. The maximum absolute atomic E-state index is 2.61. The predicted molar refractivity (Wildman–Crippen MR) is 68.3 cm³/mol. The van der Waals surface area contributed by atoms with Gasteiger partial charge in [0.2, 0.25) is 0 Å². The summed E-state index contributed by atoms with van der Waals surface area (Å²) in [6.07, 6.45) is 16.6. The highest BCUT2D eigenvalue weighted by molar-refractivity contribution is 6.38. The van der Waals surface area contributed by atoms with E-state index in [1.807, 2.05) is 0 Å². The quantitative estimate of drug-likeness (QED) is 0.441. The third-order valence-corrected chi connectivity index (χ3v) is 5.59. The second-order valence-corrected chi connectivity index (χ2v) is 6.99. The summed E-state index contributed by atoms with van der Waals surface area (Å²) in [4.78, 5) is 0. The lowest BCUT2D eigenvalue weighted by atomic mass is 10.0. The molecule has 1 aliphatic carbocycles. The van der Waals surface area contributed by atoms with Crippen LogP contribution in [0.15, 0.2) is 0 Å². The number of hydrogen-bond donors (Lipinski definition) is 0. The van der Waals surface area contributed by atoms with Crippen LogP contribution < -0.4 is 0 Å². The number of hydrogen-bond acceptors (Lipinski definition) is 0. The molecule has 1 rings (SSSR count). The molecule has 1 heteroatoms. The lowest BCUT2D eigenvalue weighted by Crippen LogP contribution is -2.08. The van der Waals surface area contributed by atoms with Gasteiger partial charge in [-0.05, 0) is 37.6 Å². The average Bonchev–Trinajstić information content (AvgIpc) is 2.25. The highest BCUT2D eigenvalue weighted by atomic mass is 28.2. The lowest BCUT2D eigenvalue weighted by Gasteiger charge is -2.20. The van der Waals surface area contributed by atoms with Crippen molar-refractivity contribution in [3.63, 3.8) is 0 Å². The van der Waals surface area contributed by atoms with Gasteiger partial charge in [-0.3, -0.25) is 0 Å². The van der Waals surface area contributed by atoms with Crippen molar-refractivity contribution < 1.29 is 0 Å². The molecule has 2 radical (unpaired) electrons. The second-order valence-electron chi connectivity index (χ2n) is 4.65. The molecule has 0 aromatic carbocycles. The Balaban J connectivity index is 1.82. The fraction of sp³-hybridized carbons (Fsp3) is 0.846. The Hall–Kier alpha value is 0.217.